The molecule has 1 N–H and O–H groups in total. The lowest BCUT2D eigenvalue weighted by Gasteiger charge is -2.26. The van der Waals surface area contributed by atoms with Crippen LogP contribution in [0.5, 0.6) is 0 Å². The Hall–Kier alpha value is -0.380. The predicted octanol–water partition coefficient (Wildman–Crippen LogP) is 3.27. The van der Waals surface area contributed by atoms with Gasteiger partial charge < -0.3 is 5.32 Å². The van der Waals surface area contributed by atoms with Gasteiger partial charge in [0.2, 0.25) is 0 Å². The highest BCUT2D eigenvalue weighted by molar-refractivity contribution is 7.10. The van der Waals surface area contributed by atoms with Gasteiger partial charge in [0, 0.05) is 30.1 Å². The summed E-state index contributed by atoms with van der Waals surface area (Å²) < 4.78 is 0. The van der Waals surface area contributed by atoms with Crippen LogP contribution in [-0.2, 0) is 0 Å². The molecular formula is C14H24N2S. The maximum absolute atomic E-state index is 3.65. The molecule has 3 heteroatoms. The van der Waals surface area contributed by atoms with E-state index in [9.17, 15) is 0 Å². The first kappa shape index (κ1) is 13.1. The summed E-state index contributed by atoms with van der Waals surface area (Å²) in [6.45, 7) is 8.17. The van der Waals surface area contributed by atoms with Crippen LogP contribution in [0.15, 0.2) is 17.5 Å². The van der Waals surface area contributed by atoms with Crippen molar-refractivity contribution in [3.8, 4) is 0 Å². The predicted molar refractivity (Wildman–Crippen MR) is 75.6 cm³/mol. The molecule has 0 bridgehead atoms. The molecule has 17 heavy (non-hydrogen) atoms. The SMILES string of the molecule is CCCNC1CCN(C(CC)c2cccs2)C1. The van der Waals surface area contributed by atoms with E-state index in [1.54, 1.807) is 0 Å². The molecule has 1 aliphatic rings. The van der Waals surface area contributed by atoms with Crippen LogP contribution in [0.2, 0.25) is 0 Å². The molecule has 0 aliphatic carbocycles. The lowest BCUT2D eigenvalue weighted by atomic mass is 10.1. The van der Waals surface area contributed by atoms with Gasteiger partial charge in [0.05, 0.1) is 0 Å². The number of hydrogen-bond donors (Lipinski definition) is 1. The van der Waals surface area contributed by atoms with Crippen LogP contribution in [-0.4, -0.2) is 30.6 Å². The largest absolute Gasteiger partial charge is 0.313 e. The van der Waals surface area contributed by atoms with Gasteiger partial charge in [-0.2, -0.15) is 0 Å². The number of hydrogen-bond acceptors (Lipinski definition) is 3. The minimum absolute atomic E-state index is 0.642. The van der Waals surface area contributed by atoms with Crippen LogP contribution < -0.4 is 5.32 Å². The Balaban J connectivity index is 1.90. The van der Waals surface area contributed by atoms with Crippen molar-refractivity contribution in [2.75, 3.05) is 19.6 Å². The monoisotopic (exact) mass is 252 g/mol. The van der Waals surface area contributed by atoms with Gasteiger partial charge in [0.15, 0.2) is 0 Å². The number of nitrogens with one attached hydrogen (secondary N) is 1. The maximum Gasteiger partial charge on any atom is 0.0439 e. The van der Waals surface area contributed by atoms with Crippen molar-refractivity contribution in [2.24, 2.45) is 0 Å². The van der Waals surface area contributed by atoms with Crippen molar-refractivity contribution < 1.29 is 0 Å². The van der Waals surface area contributed by atoms with Crippen molar-refractivity contribution in [2.45, 2.75) is 45.2 Å². The summed E-state index contributed by atoms with van der Waals surface area (Å²) in [6.07, 6.45) is 3.77. The smallest absolute Gasteiger partial charge is 0.0439 e. The van der Waals surface area contributed by atoms with Gasteiger partial charge >= 0.3 is 0 Å². The van der Waals surface area contributed by atoms with E-state index in [0.29, 0.717) is 12.1 Å². The minimum Gasteiger partial charge on any atom is -0.313 e. The molecule has 2 rings (SSSR count). The molecule has 2 atom stereocenters. The van der Waals surface area contributed by atoms with Gasteiger partial charge in [0.1, 0.15) is 0 Å². The molecule has 0 spiro atoms. The second-order valence-corrected chi connectivity index (χ2v) is 5.85. The van der Waals surface area contributed by atoms with Gasteiger partial charge in [-0.3, -0.25) is 4.90 Å². The third-order valence-electron chi connectivity index (χ3n) is 3.60. The first-order valence-electron chi connectivity index (χ1n) is 6.86. The zero-order valence-corrected chi connectivity index (χ0v) is 11.8. The Morgan fingerprint density at radius 3 is 3.06 bits per heavy atom. The fraction of sp³-hybridized carbons (Fsp3) is 0.714. The van der Waals surface area contributed by atoms with E-state index in [1.807, 2.05) is 11.3 Å². The third kappa shape index (κ3) is 3.30. The van der Waals surface area contributed by atoms with Crippen molar-refractivity contribution in [3.05, 3.63) is 22.4 Å². The second kappa shape index (κ2) is 6.53. The Kier molecular flexibility index (Phi) is 5.01. The van der Waals surface area contributed by atoms with E-state index < -0.39 is 0 Å². The van der Waals surface area contributed by atoms with Crippen molar-refractivity contribution in [1.82, 2.24) is 10.2 Å². The van der Waals surface area contributed by atoms with Gasteiger partial charge in [-0.25, -0.2) is 0 Å². The van der Waals surface area contributed by atoms with E-state index in [2.05, 4.69) is 41.6 Å². The lowest BCUT2D eigenvalue weighted by molar-refractivity contribution is 0.236. The average Bonchev–Trinajstić information content (AvgIpc) is 2.99. The maximum atomic E-state index is 3.65. The molecule has 2 nitrogen and oxygen atoms in total. The van der Waals surface area contributed by atoms with Gasteiger partial charge in [0.25, 0.3) is 0 Å². The third-order valence-corrected chi connectivity index (χ3v) is 4.58. The van der Waals surface area contributed by atoms with Crippen molar-refractivity contribution in [3.63, 3.8) is 0 Å². The molecule has 1 saturated heterocycles. The molecule has 1 aromatic rings. The summed E-state index contributed by atoms with van der Waals surface area (Å²) in [5, 5.41) is 5.84. The highest BCUT2D eigenvalue weighted by atomic mass is 32.1. The van der Waals surface area contributed by atoms with Gasteiger partial charge in [-0.05, 0) is 37.3 Å². The van der Waals surface area contributed by atoms with Crippen LogP contribution in [0.1, 0.15) is 44.0 Å². The molecule has 0 aromatic carbocycles. The summed E-state index contributed by atoms with van der Waals surface area (Å²) >= 11 is 1.90. The first-order valence-corrected chi connectivity index (χ1v) is 7.74. The fourth-order valence-corrected chi connectivity index (χ4v) is 3.65. The molecule has 0 radical (unpaired) electrons. The standard InChI is InChI=1S/C14H24N2S/c1-3-8-15-12-7-9-16(11-12)13(4-2)14-6-5-10-17-14/h5-6,10,12-13,15H,3-4,7-9,11H2,1-2H3. The number of rotatable bonds is 6. The van der Waals surface area contributed by atoms with E-state index in [0.717, 1.165) is 6.54 Å². The van der Waals surface area contributed by atoms with E-state index >= 15 is 0 Å². The van der Waals surface area contributed by atoms with Gasteiger partial charge in [-0.1, -0.05) is 19.9 Å². The lowest BCUT2D eigenvalue weighted by Crippen LogP contribution is -2.34. The van der Waals surface area contributed by atoms with Crippen molar-refractivity contribution in [1.29, 1.82) is 0 Å². The van der Waals surface area contributed by atoms with Crippen LogP contribution in [0.3, 0.4) is 0 Å². The Bertz CT molecular complexity index is 310. The molecule has 1 aromatic heterocycles. The molecular weight excluding hydrogens is 228 g/mol. The molecule has 2 heterocycles. The molecule has 0 amide bonds. The Morgan fingerprint density at radius 1 is 1.53 bits per heavy atom. The number of thiophene rings is 1. The molecule has 2 unspecified atom stereocenters. The van der Waals surface area contributed by atoms with Crippen LogP contribution in [0, 0.1) is 0 Å². The van der Waals surface area contributed by atoms with Crippen LogP contribution in [0.25, 0.3) is 0 Å². The average molecular weight is 252 g/mol. The van der Waals surface area contributed by atoms with E-state index in [4.69, 9.17) is 0 Å². The van der Waals surface area contributed by atoms with Crippen molar-refractivity contribution >= 4 is 11.3 Å². The summed E-state index contributed by atoms with van der Waals surface area (Å²) in [4.78, 5) is 4.18. The minimum atomic E-state index is 0.642. The zero-order chi connectivity index (χ0) is 12.1. The van der Waals surface area contributed by atoms with E-state index in [1.165, 1.54) is 37.2 Å². The normalized spacial score (nSPS) is 23.1. The van der Waals surface area contributed by atoms with Gasteiger partial charge in [-0.15, -0.1) is 11.3 Å². The zero-order valence-electron chi connectivity index (χ0n) is 11.0. The van der Waals surface area contributed by atoms with E-state index in [-0.39, 0.29) is 0 Å². The van der Waals surface area contributed by atoms with Crippen LogP contribution in [0.4, 0.5) is 0 Å². The number of likely N-dealkylation sites (tertiary alicyclic amines) is 1. The molecule has 1 aliphatic heterocycles. The first-order chi connectivity index (χ1) is 8.35. The Labute approximate surface area is 109 Å². The summed E-state index contributed by atoms with van der Waals surface area (Å²) in [6, 6.07) is 5.81. The Morgan fingerprint density at radius 2 is 2.41 bits per heavy atom. The molecule has 96 valence electrons. The highest BCUT2D eigenvalue weighted by Crippen LogP contribution is 2.30. The topological polar surface area (TPSA) is 15.3 Å². The molecule has 1 fully saturated rings. The summed E-state index contributed by atoms with van der Waals surface area (Å²) in [5.41, 5.74) is 0. The quantitative estimate of drug-likeness (QED) is 0.836. The molecule has 0 saturated carbocycles. The summed E-state index contributed by atoms with van der Waals surface area (Å²) in [7, 11) is 0. The van der Waals surface area contributed by atoms with Crippen LogP contribution >= 0.6 is 11.3 Å². The fourth-order valence-electron chi connectivity index (χ4n) is 2.71. The summed E-state index contributed by atoms with van der Waals surface area (Å²) in [5.74, 6) is 0. The second-order valence-electron chi connectivity index (χ2n) is 4.87. The highest BCUT2D eigenvalue weighted by Gasteiger charge is 2.28. The number of nitrogens with zero attached hydrogens (tertiary/aromatic N) is 1.